The van der Waals surface area contributed by atoms with Crippen molar-refractivity contribution >= 4 is 23.4 Å². The van der Waals surface area contributed by atoms with Crippen LogP contribution in [-0.4, -0.2) is 21.9 Å². The third-order valence-electron chi connectivity index (χ3n) is 4.39. The van der Waals surface area contributed by atoms with E-state index >= 15 is 0 Å². The Morgan fingerprint density at radius 3 is 2.79 bits per heavy atom. The van der Waals surface area contributed by atoms with Crippen LogP contribution >= 0.6 is 11.8 Å². The average Bonchev–Trinajstić information content (AvgIpc) is 2.96. The second-order valence-corrected chi connectivity index (χ2v) is 7.26. The molecule has 1 aromatic carbocycles. The lowest BCUT2D eigenvalue weighted by molar-refractivity contribution is -0.117. The van der Waals surface area contributed by atoms with Crippen LogP contribution in [0, 0.1) is 12.8 Å². The molecule has 1 aromatic heterocycles. The van der Waals surface area contributed by atoms with E-state index in [4.69, 9.17) is 5.73 Å². The van der Waals surface area contributed by atoms with Crippen molar-refractivity contribution in [3.05, 3.63) is 42.2 Å². The zero-order chi connectivity index (χ0) is 16.9. The number of nitrogens with one attached hydrogen (secondary N) is 1. The monoisotopic (exact) mass is 342 g/mol. The van der Waals surface area contributed by atoms with E-state index in [-0.39, 0.29) is 11.9 Å². The summed E-state index contributed by atoms with van der Waals surface area (Å²) in [4.78, 5) is 21.7. The minimum absolute atomic E-state index is 0.0484. The number of amides is 1. The molecular weight excluding hydrogens is 320 g/mol. The van der Waals surface area contributed by atoms with Crippen molar-refractivity contribution < 1.29 is 4.79 Å². The molecule has 5 nitrogen and oxygen atoms in total. The molecule has 3 rings (SSSR count). The molecule has 1 aliphatic carbocycles. The third kappa shape index (κ3) is 4.33. The number of anilines is 1. The van der Waals surface area contributed by atoms with Crippen LogP contribution in [-0.2, 0) is 4.79 Å². The molecule has 126 valence electrons. The summed E-state index contributed by atoms with van der Waals surface area (Å²) in [7, 11) is 0. The fraction of sp³-hybridized carbons (Fsp3) is 0.389. The summed E-state index contributed by atoms with van der Waals surface area (Å²) in [6.07, 6.45) is 7.18. The Kier molecular flexibility index (Phi) is 5.48. The number of nitrogens with two attached hydrogens (primary N) is 1. The second-order valence-electron chi connectivity index (χ2n) is 6.22. The van der Waals surface area contributed by atoms with Crippen molar-refractivity contribution in [3.8, 4) is 0 Å². The van der Waals surface area contributed by atoms with Crippen LogP contribution in [0.5, 0.6) is 0 Å². The molecule has 1 amide bonds. The van der Waals surface area contributed by atoms with Gasteiger partial charge in [0, 0.05) is 35.4 Å². The van der Waals surface area contributed by atoms with Crippen molar-refractivity contribution in [1.29, 1.82) is 0 Å². The van der Waals surface area contributed by atoms with Gasteiger partial charge in [0.1, 0.15) is 0 Å². The maximum Gasteiger partial charge on any atom is 0.224 e. The Morgan fingerprint density at radius 2 is 2.12 bits per heavy atom. The van der Waals surface area contributed by atoms with Gasteiger partial charge in [0.15, 0.2) is 5.16 Å². The molecule has 0 saturated heterocycles. The standard InChI is InChI=1S/C18H22N4OS/c1-12-10-14(24-18-20-8-3-9-21-18)6-7-16(12)22-17(23)11-13-4-2-5-15(13)19/h3,6-10,13,15H,2,4-5,11,19H2,1H3,(H,22,23)/t13-,15+/m0/s1. The molecule has 0 radical (unpaired) electrons. The van der Waals surface area contributed by atoms with Crippen LogP contribution in [0.25, 0.3) is 0 Å². The predicted molar refractivity (Wildman–Crippen MR) is 95.9 cm³/mol. The molecular formula is C18H22N4OS. The SMILES string of the molecule is Cc1cc(Sc2ncccn2)ccc1NC(=O)C[C@@H]1CCC[C@H]1N. The zero-order valence-electron chi connectivity index (χ0n) is 13.7. The van der Waals surface area contributed by atoms with Crippen LogP contribution in [0.2, 0.25) is 0 Å². The summed E-state index contributed by atoms with van der Waals surface area (Å²) in [5, 5.41) is 3.73. The highest BCUT2D eigenvalue weighted by molar-refractivity contribution is 7.99. The lowest BCUT2D eigenvalue weighted by Crippen LogP contribution is -2.28. The summed E-state index contributed by atoms with van der Waals surface area (Å²) in [5.74, 6) is 0.364. The van der Waals surface area contributed by atoms with E-state index in [1.165, 1.54) is 11.8 Å². The van der Waals surface area contributed by atoms with Gasteiger partial charge < -0.3 is 11.1 Å². The number of aryl methyl sites for hydroxylation is 1. The van der Waals surface area contributed by atoms with Crippen LogP contribution < -0.4 is 11.1 Å². The number of hydrogen-bond acceptors (Lipinski definition) is 5. The van der Waals surface area contributed by atoms with Crippen molar-refractivity contribution in [2.75, 3.05) is 5.32 Å². The van der Waals surface area contributed by atoms with E-state index in [1.54, 1.807) is 18.5 Å². The van der Waals surface area contributed by atoms with E-state index in [2.05, 4.69) is 15.3 Å². The maximum absolute atomic E-state index is 12.3. The van der Waals surface area contributed by atoms with Gasteiger partial charge in [0.2, 0.25) is 5.91 Å². The van der Waals surface area contributed by atoms with Crippen molar-refractivity contribution in [1.82, 2.24) is 9.97 Å². The van der Waals surface area contributed by atoms with Gasteiger partial charge in [-0.25, -0.2) is 9.97 Å². The topological polar surface area (TPSA) is 80.9 Å². The molecule has 1 heterocycles. The minimum Gasteiger partial charge on any atom is -0.327 e. The van der Waals surface area contributed by atoms with Crippen LogP contribution in [0.4, 0.5) is 5.69 Å². The molecule has 3 N–H and O–H groups in total. The Bertz CT molecular complexity index is 707. The van der Waals surface area contributed by atoms with Crippen LogP contribution in [0.15, 0.2) is 46.7 Å². The molecule has 1 saturated carbocycles. The van der Waals surface area contributed by atoms with Gasteiger partial charge in [-0.1, -0.05) is 6.42 Å². The Balaban J connectivity index is 1.61. The maximum atomic E-state index is 12.3. The molecule has 1 aliphatic rings. The van der Waals surface area contributed by atoms with E-state index in [1.807, 2.05) is 25.1 Å². The Labute approximate surface area is 146 Å². The largest absolute Gasteiger partial charge is 0.327 e. The highest BCUT2D eigenvalue weighted by Crippen LogP contribution is 2.29. The van der Waals surface area contributed by atoms with E-state index in [9.17, 15) is 4.79 Å². The molecule has 6 heteroatoms. The first-order valence-electron chi connectivity index (χ1n) is 8.23. The normalized spacial score (nSPS) is 20.1. The first-order chi connectivity index (χ1) is 11.6. The third-order valence-corrected chi connectivity index (χ3v) is 5.27. The van der Waals surface area contributed by atoms with Gasteiger partial charge in [-0.3, -0.25) is 4.79 Å². The first kappa shape index (κ1) is 16.9. The zero-order valence-corrected chi connectivity index (χ0v) is 14.6. The number of nitrogens with zero attached hydrogens (tertiary/aromatic N) is 2. The second kappa shape index (κ2) is 7.77. The lowest BCUT2D eigenvalue weighted by atomic mass is 10.00. The number of hydrogen-bond donors (Lipinski definition) is 2. The van der Waals surface area contributed by atoms with E-state index in [0.29, 0.717) is 17.5 Å². The molecule has 24 heavy (non-hydrogen) atoms. The number of rotatable bonds is 5. The Hall–Kier alpha value is -1.92. The number of carbonyl (C=O) groups excluding carboxylic acids is 1. The van der Waals surface area contributed by atoms with Crippen molar-refractivity contribution in [3.63, 3.8) is 0 Å². The smallest absolute Gasteiger partial charge is 0.224 e. The molecule has 0 aliphatic heterocycles. The van der Waals surface area contributed by atoms with Gasteiger partial charge in [-0.15, -0.1) is 0 Å². The van der Waals surface area contributed by atoms with Gasteiger partial charge in [0.25, 0.3) is 0 Å². The summed E-state index contributed by atoms with van der Waals surface area (Å²) in [6.45, 7) is 1.99. The highest BCUT2D eigenvalue weighted by Gasteiger charge is 2.26. The highest BCUT2D eigenvalue weighted by atomic mass is 32.2. The summed E-state index contributed by atoms with van der Waals surface area (Å²) >= 11 is 1.50. The fourth-order valence-electron chi connectivity index (χ4n) is 3.04. The molecule has 1 fully saturated rings. The predicted octanol–water partition coefficient (Wildman–Crippen LogP) is 3.39. The van der Waals surface area contributed by atoms with Gasteiger partial charge >= 0.3 is 0 Å². The molecule has 2 aromatic rings. The molecule has 0 unspecified atom stereocenters. The average molecular weight is 342 g/mol. The van der Waals surface area contributed by atoms with E-state index in [0.717, 1.165) is 35.4 Å². The summed E-state index contributed by atoms with van der Waals surface area (Å²) in [6, 6.07) is 7.92. The number of benzene rings is 1. The quantitative estimate of drug-likeness (QED) is 0.814. The fourth-order valence-corrected chi connectivity index (χ4v) is 3.85. The number of carbonyl (C=O) groups is 1. The minimum atomic E-state index is 0.0484. The summed E-state index contributed by atoms with van der Waals surface area (Å²) in [5.41, 5.74) is 7.93. The van der Waals surface area contributed by atoms with Crippen molar-refractivity contribution in [2.45, 2.75) is 48.7 Å². The van der Waals surface area contributed by atoms with Gasteiger partial charge in [0.05, 0.1) is 0 Å². The van der Waals surface area contributed by atoms with Gasteiger partial charge in [-0.2, -0.15) is 0 Å². The van der Waals surface area contributed by atoms with E-state index < -0.39 is 0 Å². The van der Waals surface area contributed by atoms with Gasteiger partial charge in [-0.05, 0) is 67.3 Å². The van der Waals surface area contributed by atoms with Crippen molar-refractivity contribution in [2.24, 2.45) is 11.7 Å². The van der Waals surface area contributed by atoms with Crippen LogP contribution in [0.1, 0.15) is 31.2 Å². The number of aromatic nitrogens is 2. The molecule has 2 atom stereocenters. The Morgan fingerprint density at radius 1 is 1.33 bits per heavy atom. The molecule has 0 spiro atoms. The first-order valence-corrected chi connectivity index (χ1v) is 9.04. The van der Waals surface area contributed by atoms with Crippen LogP contribution in [0.3, 0.4) is 0 Å². The summed E-state index contributed by atoms with van der Waals surface area (Å²) < 4.78 is 0. The lowest BCUT2D eigenvalue weighted by Gasteiger charge is -2.15. The molecule has 0 bridgehead atoms.